The number of benzene rings is 1. The Balaban J connectivity index is 2.35. The molecule has 2 heterocycles. The first-order chi connectivity index (χ1) is 8.27. The van der Waals surface area contributed by atoms with E-state index in [4.69, 9.17) is 11.6 Å². The molecule has 0 aliphatic heterocycles. The van der Waals surface area contributed by atoms with Crippen molar-refractivity contribution in [3.8, 4) is 11.4 Å². The van der Waals surface area contributed by atoms with Crippen LogP contribution in [0.4, 0.5) is 4.39 Å². The van der Waals surface area contributed by atoms with Gasteiger partial charge in [0.1, 0.15) is 11.6 Å². The molecule has 0 fully saturated rings. The van der Waals surface area contributed by atoms with Crippen LogP contribution in [0.5, 0.6) is 0 Å². The molecular weight excluding hydrogens is 239 g/mol. The normalized spacial score (nSPS) is 10.9. The van der Waals surface area contributed by atoms with Crippen molar-refractivity contribution in [2.75, 3.05) is 0 Å². The Labute approximate surface area is 102 Å². The smallest absolute Gasteiger partial charge is 0.155 e. The van der Waals surface area contributed by atoms with Crippen LogP contribution in [0, 0.1) is 5.82 Å². The molecule has 2 aromatic heterocycles. The van der Waals surface area contributed by atoms with Gasteiger partial charge in [-0.3, -0.25) is 4.40 Å². The van der Waals surface area contributed by atoms with E-state index in [2.05, 4.69) is 4.98 Å². The molecule has 17 heavy (non-hydrogen) atoms. The van der Waals surface area contributed by atoms with E-state index in [1.54, 1.807) is 22.6 Å². The van der Waals surface area contributed by atoms with Crippen molar-refractivity contribution in [2.24, 2.45) is 0 Å². The Morgan fingerprint density at radius 1 is 1.06 bits per heavy atom. The molecule has 0 N–H and O–H groups in total. The second-order valence-corrected chi connectivity index (χ2v) is 4.02. The Bertz CT molecular complexity index is 691. The Morgan fingerprint density at radius 2 is 1.82 bits per heavy atom. The molecule has 2 nitrogen and oxygen atoms in total. The van der Waals surface area contributed by atoms with E-state index in [1.165, 1.54) is 6.07 Å². The largest absolute Gasteiger partial charge is 0.298 e. The number of imidazole rings is 1. The standard InChI is InChI=1S/C13H8ClFN2/c14-12-11-7-3-4-8-17(11)13(16-12)9-5-1-2-6-10(9)15/h1-8H. The number of nitrogens with zero attached hydrogens (tertiary/aromatic N) is 2. The van der Waals surface area contributed by atoms with Crippen molar-refractivity contribution in [1.82, 2.24) is 9.38 Å². The van der Waals surface area contributed by atoms with Crippen LogP contribution in [0.25, 0.3) is 16.9 Å². The number of rotatable bonds is 1. The molecule has 4 heteroatoms. The van der Waals surface area contributed by atoms with E-state index in [9.17, 15) is 4.39 Å². The summed E-state index contributed by atoms with van der Waals surface area (Å²) in [6.07, 6.45) is 1.82. The average molecular weight is 247 g/mol. The van der Waals surface area contributed by atoms with Gasteiger partial charge in [0.2, 0.25) is 0 Å². The first kappa shape index (κ1) is 10.3. The van der Waals surface area contributed by atoms with Crippen LogP contribution in [0.1, 0.15) is 0 Å². The van der Waals surface area contributed by atoms with Gasteiger partial charge < -0.3 is 0 Å². The number of fused-ring (bicyclic) bond motifs is 1. The molecule has 0 radical (unpaired) electrons. The van der Waals surface area contributed by atoms with Gasteiger partial charge in [-0.25, -0.2) is 9.37 Å². The van der Waals surface area contributed by atoms with Crippen molar-refractivity contribution < 1.29 is 4.39 Å². The van der Waals surface area contributed by atoms with Gasteiger partial charge in [-0.1, -0.05) is 29.8 Å². The first-order valence-electron chi connectivity index (χ1n) is 5.15. The molecule has 0 unspecified atom stereocenters. The summed E-state index contributed by atoms with van der Waals surface area (Å²) in [7, 11) is 0. The van der Waals surface area contributed by atoms with Gasteiger partial charge in [-0.15, -0.1) is 0 Å². The predicted octanol–water partition coefficient (Wildman–Crippen LogP) is 3.79. The van der Waals surface area contributed by atoms with Crippen molar-refractivity contribution >= 4 is 17.1 Å². The fourth-order valence-electron chi connectivity index (χ4n) is 1.83. The number of hydrogen-bond donors (Lipinski definition) is 0. The number of aromatic nitrogens is 2. The molecule has 0 saturated heterocycles. The molecule has 0 atom stereocenters. The fourth-order valence-corrected chi connectivity index (χ4v) is 2.07. The van der Waals surface area contributed by atoms with Crippen molar-refractivity contribution in [2.45, 2.75) is 0 Å². The van der Waals surface area contributed by atoms with Gasteiger partial charge in [0.25, 0.3) is 0 Å². The Kier molecular flexibility index (Phi) is 2.34. The highest BCUT2D eigenvalue weighted by molar-refractivity contribution is 6.32. The third kappa shape index (κ3) is 1.59. The maximum Gasteiger partial charge on any atom is 0.155 e. The minimum atomic E-state index is -0.306. The lowest BCUT2D eigenvalue weighted by molar-refractivity contribution is 0.630. The van der Waals surface area contributed by atoms with Crippen LogP contribution in [0.2, 0.25) is 5.15 Å². The third-order valence-electron chi connectivity index (χ3n) is 2.62. The molecule has 0 aliphatic carbocycles. The lowest BCUT2D eigenvalue weighted by Gasteiger charge is -2.01. The second kappa shape index (κ2) is 3.86. The maximum atomic E-state index is 13.7. The van der Waals surface area contributed by atoms with E-state index >= 15 is 0 Å². The first-order valence-corrected chi connectivity index (χ1v) is 5.52. The van der Waals surface area contributed by atoms with Gasteiger partial charge >= 0.3 is 0 Å². The minimum Gasteiger partial charge on any atom is -0.298 e. The van der Waals surface area contributed by atoms with Gasteiger partial charge in [-0.2, -0.15) is 0 Å². The highest BCUT2D eigenvalue weighted by atomic mass is 35.5. The highest BCUT2D eigenvalue weighted by Crippen LogP contribution is 2.26. The van der Waals surface area contributed by atoms with Crippen LogP contribution >= 0.6 is 11.6 Å². The van der Waals surface area contributed by atoms with E-state index in [-0.39, 0.29) is 5.82 Å². The summed E-state index contributed by atoms with van der Waals surface area (Å²) in [5, 5.41) is 0.379. The SMILES string of the molecule is Fc1ccccc1-c1nc(Cl)c2ccccn12. The molecule has 3 aromatic rings. The summed E-state index contributed by atoms with van der Waals surface area (Å²) in [6.45, 7) is 0. The molecule has 1 aromatic carbocycles. The van der Waals surface area contributed by atoms with E-state index in [0.717, 1.165) is 5.52 Å². The van der Waals surface area contributed by atoms with Gasteiger partial charge in [-0.05, 0) is 24.3 Å². The summed E-state index contributed by atoms with van der Waals surface area (Å²) in [5.74, 6) is 0.212. The fraction of sp³-hybridized carbons (Fsp3) is 0. The Morgan fingerprint density at radius 3 is 2.65 bits per heavy atom. The summed E-state index contributed by atoms with van der Waals surface area (Å²) < 4.78 is 15.5. The molecule has 0 amide bonds. The highest BCUT2D eigenvalue weighted by Gasteiger charge is 2.13. The lowest BCUT2D eigenvalue weighted by atomic mass is 10.2. The monoisotopic (exact) mass is 246 g/mol. The number of halogens is 2. The summed E-state index contributed by atoms with van der Waals surface area (Å²) in [4.78, 5) is 4.21. The molecule has 3 rings (SSSR count). The molecular formula is C13H8ClFN2. The topological polar surface area (TPSA) is 17.3 Å². The predicted molar refractivity (Wildman–Crippen MR) is 65.6 cm³/mol. The van der Waals surface area contributed by atoms with Crippen molar-refractivity contribution in [3.63, 3.8) is 0 Å². The van der Waals surface area contributed by atoms with Crippen LogP contribution in [-0.4, -0.2) is 9.38 Å². The van der Waals surface area contributed by atoms with E-state index in [0.29, 0.717) is 16.5 Å². The van der Waals surface area contributed by atoms with Crippen LogP contribution in [-0.2, 0) is 0 Å². The zero-order chi connectivity index (χ0) is 11.8. The molecule has 0 spiro atoms. The zero-order valence-corrected chi connectivity index (χ0v) is 9.53. The number of hydrogen-bond acceptors (Lipinski definition) is 1. The average Bonchev–Trinajstić information content (AvgIpc) is 2.68. The van der Waals surface area contributed by atoms with E-state index in [1.807, 2.05) is 24.4 Å². The van der Waals surface area contributed by atoms with Gasteiger partial charge in [0, 0.05) is 6.20 Å². The van der Waals surface area contributed by atoms with Gasteiger partial charge in [0.05, 0.1) is 11.1 Å². The molecule has 84 valence electrons. The van der Waals surface area contributed by atoms with Gasteiger partial charge in [0.15, 0.2) is 5.15 Å². The third-order valence-corrected chi connectivity index (χ3v) is 2.90. The quantitative estimate of drug-likeness (QED) is 0.639. The zero-order valence-electron chi connectivity index (χ0n) is 8.77. The lowest BCUT2D eigenvalue weighted by Crippen LogP contribution is -1.91. The second-order valence-electron chi connectivity index (χ2n) is 3.66. The minimum absolute atomic E-state index is 0.306. The van der Waals surface area contributed by atoms with Crippen molar-refractivity contribution in [1.29, 1.82) is 0 Å². The molecule has 0 saturated carbocycles. The summed E-state index contributed by atoms with van der Waals surface area (Å²) >= 11 is 6.03. The van der Waals surface area contributed by atoms with Crippen LogP contribution < -0.4 is 0 Å². The Hall–Kier alpha value is -1.87. The van der Waals surface area contributed by atoms with Crippen LogP contribution in [0.15, 0.2) is 48.7 Å². The van der Waals surface area contributed by atoms with Crippen LogP contribution in [0.3, 0.4) is 0 Å². The number of pyridine rings is 1. The molecule has 0 bridgehead atoms. The summed E-state index contributed by atoms with van der Waals surface area (Å²) in [5.41, 5.74) is 1.22. The van der Waals surface area contributed by atoms with E-state index < -0.39 is 0 Å². The summed E-state index contributed by atoms with van der Waals surface area (Å²) in [6, 6.07) is 12.1. The molecule has 0 aliphatic rings. The van der Waals surface area contributed by atoms with Crippen molar-refractivity contribution in [3.05, 3.63) is 59.6 Å². The maximum absolute atomic E-state index is 13.7.